The Morgan fingerprint density at radius 3 is 2.89 bits per heavy atom. The number of aromatic nitrogens is 2. The predicted molar refractivity (Wildman–Crippen MR) is 101 cm³/mol. The van der Waals surface area contributed by atoms with Crippen LogP contribution in [-0.2, 0) is 29.0 Å². The Balaban J connectivity index is 1.42. The zero-order chi connectivity index (χ0) is 19.7. The van der Waals surface area contributed by atoms with Gasteiger partial charge in [-0.15, -0.1) is 0 Å². The van der Waals surface area contributed by atoms with E-state index in [0.717, 1.165) is 24.1 Å². The number of amides is 3. The van der Waals surface area contributed by atoms with Crippen molar-refractivity contribution in [3.8, 4) is 0 Å². The minimum absolute atomic E-state index is 0.00960. The maximum atomic E-state index is 12.8. The Morgan fingerprint density at radius 2 is 2.07 bits per heavy atom. The number of fused-ring (bicyclic) bond motifs is 2. The maximum absolute atomic E-state index is 12.8. The van der Waals surface area contributed by atoms with Gasteiger partial charge in [-0.1, -0.05) is 24.3 Å². The summed E-state index contributed by atoms with van der Waals surface area (Å²) in [6.07, 6.45) is 2.41. The summed E-state index contributed by atoms with van der Waals surface area (Å²) in [4.78, 5) is 37.7. The summed E-state index contributed by atoms with van der Waals surface area (Å²) in [5.74, 6) is -0.568. The fraction of sp³-hybridized carbons (Fsp3) is 0.400. The molecule has 8 nitrogen and oxygen atoms in total. The van der Waals surface area contributed by atoms with Crippen molar-refractivity contribution in [2.24, 2.45) is 0 Å². The maximum Gasteiger partial charge on any atom is 0.272 e. The van der Waals surface area contributed by atoms with Crippen LogP contribution >= 0.6 is 0 Å². The smallest absolute Gasteiger partial charge is 0.272 e. The van der Waals surface area contributed by atoms with Gasteiger partial charge < -0.3 is 15.5 Å². The Morgan fingerprint density at radius 1 is 1.25 bits per heavy atom. The number of nitrogens with zero attached hydrogens (tertiary/aromatic N) is 2. The van der Waals surface area contributed by atoms with Gasteiger partial charge in [0.15, 0.2) is 5.69 Å². The van der Waals surface area contributed by atoms with Crippen LogP contribution in [0.5, 0.6) is 0 Å². The van der Waals surface area contributed by atoms with Gasteiger partial charge >= 0.3 is 0 Å². The van der Waals surface area contributed by atoms with Crippen LogP contribution in [0.2, 0.25) is 0 Å². The lowest BCUT2D eigenvalue weighted by molar-refractivity contribution is -0.133. The average molecular weight is 381 g/mol. The van der Waals surface area contributed by atoms with E-state index in [9.17, 15) is 14.4 Å². The lowest BCUT2D eigenvalue weighted by Gasteiger charge is -2.27. The number of aromatic amines is 1. The topological polar surface area (TPSA) is 107 Å². The molecule has 146 valence electrons. The van der Waals surface area contributed by atoms with Crippen molar-refractivity contribution in [2.75, 3.05) is 13.1 Å². The number of aryl methyl sites for hydroxylation is 1. The Hall–Kier alpha value is -3.16. The van der Waals surface area contributed by atoms with Gasteiger partial charge in [-0.2, -0.15) is 5.10 Å². The van der Waals surface area contributed by atoms with Gasteiger partial charge in [-0.05, 0) is 30.4 Å². The summed E-state index contributed by atoms with van der Waals surface area (Å²) >= 11 is 0. The molecule has 2 heterocycles. The van der Waals surface area contributed by atoms with Crippen molar-refractivity contribution >= 4 is 17.7 Å². The van der Waals surface area contributed by atoms with Crippen LogP contribution in [0.3, 0.4) is 0 Å². The monoisotopic (exact) mass is 381 g/mol. The lowest BCUT2D eigenvalue weighted by atomic mass is 10.0. The first-order valence-electron chi connectivity index (χ1n) is 9.50. The van der Waals surface area contributed by atoms with Crippen molar-refractivity contribution in [3.63, 3.8) is 0 Å². The number of carbonyl (C=O) groups excluding carboxylic acids is 3. The van der Waals surface area contributed by atoms with Gasteiger partial charge in [0.25, 0.3) is 5.91 Å². The van der Waals surface area contributed by atoms with Crippen LogP contribution in [0.4, 0.5) is 0 Å². The van der Waals surface area contributed by atoms with Crippen molar-refractivity contribution in [2.45, 2.75) is 38.8 Å². The number of benzene rings is 1. The molecule has 3 N–H and O–H groups in total. The summed E-state index contributed by atoms with van der Waals surface area (Å²) in [5.41, 5.74) is 4.51. The lowest BCUT2D eigenvalue weighted by Crippen LogP contribution is -2.42. The third-order valence-corrected chi connectivity index (χ3v) is 5.43. The van der Waals surface area contributed by atoms with Crippen LogP contribution in [-0.4, -0.2) is 45.9 Å². The highest BCUT2D eigenvalue weighted by Crippen LogP contribution is 2.31. The number of nitrogens with one attached hydrogen (secondary N) is 3. The first kappa shape index (κ1) is 18.2. The molecular formula is C20H23N5O3. The van der Waals surface area contributed by atoms with E-state index >= 15 is 0 Å². The van der Waals surface area contributed by atoms with Gasteiger partial charge in [0.2, 0.25) is 11.8 Å². The normalized spacial score (nSPS) is 17.6. The summed E-state index contributed by atoms with van der Waals surface area (Å²) in [6.45, 7) is 2.22. The fourth-order valence-electron chi connectivity index (χ4n) is 3.96. The molecule has 1 aliphatic heterocycles. The summed E-state index contributed by atoms with van der Waals surface area (Å²) in [7, 11) is 0. The molecule has 2 aromatic rings. The van der Waals surface area contributed by atoms with Gasteiger partial charge in [0, 0.05) is 19.0 Å². The Bertz CT molecular complexity index is 936. The van der Waals surface area contributed by atoms with E-state index in [1.54, 1.807) is 4.90 Å². The van der Waals surface area contributed by atoms with Crippen LogP contribution < -0.4 is 10.6 Å². The zero-order valence-electron chi connectivity index (χ0n) is 15.7. The highest BCUT2D eigenvalue weighted by atomic mass is 16.2. The summed E-state index contributed by atoms with van der Waals surface area (Å²) < 4.78 is 0. The molecule has 1 unspecified atom stereocenters. The minimum atomic E-state index is -0.236. The second-order valence-electron chi connectivity index (χ2n) is 7.27. The van der Waals surface area contributed by atoms with Gasteiger partial charge in [-0.25, -0.2) is 0 Å². The predicted octanol–water partition coefficient (Wildman–Crippen LogP) is 0.848. The summed E-state index contributed by atoms with van der Waals surface area (Å²) in [5, 5.41) is 12.8. The molecular weight excluding hydrogens is 358 g/mol. The molecule has 0 bridgehead atoms. The van der Waals surface area contributed by atoms with Crippen molar-refractivity contribution in [1.82, 2.24) is 25.7 Å². The molecule has 2 aliphatic rings. The number of H-pyrrole nitrogens is 1. The SMILES string of the molecule is CC(=O)NCC(=O)N1CCc2c(C(=O)NC3CCc4ccccc43)n[nH]c2C1. The van der Waals surface area contributed by atoms with E-state index in [-0.39, 0.29) is 30.3 Å². The van der Waals surface area contributed by atoms with Crippen molar-refractivity contribution in [1.29, 1.82) is 0 Å². The highest BCUT2D eigenvalue weighted by Gasteiger charge is 2.30. The molecule has 0 saturated heterocycles. The molecule has 4 rings (SSSR count). The standard InChI is InChI=1S/C20H23N5O3/c1-12(26)21-10-18(27)25-9-8-15-17(11-25)23-24-19(15)20(28)22-16-7-6-13-4-2-3-5-14(13)16/h2-5,16H,6-11H2,1H3,(H,21,26)(H,22,28)(H,23,24). The Kier molecular flexibility index (Phi) is 4.85. The average Bonchev–Trinajstić information content (AvgIpc) is 3.30. The van der Waals surface area contributed by atoms with Crippen LogP contribution in [0.1, 0.15) is 52.3 Å². The highest BCUT2D eigenvalue weighted by molar-refractivity contribution is 5.94. The first-order valence-corrected chi connectivity index (χ1v) is 9.50. The summed E-state index contributed by atoms with van der Waals surface area (Å²) in [6, 6.07) is 8.18. The van der Waals surface area contributed by atoms with Crippen LogP contribution in [0, 0.1) is 0 Å². The van der Waals surface area contributed by atoms with Crippen LogP contribution in [0.15, 0.2) is 24.3 Å². The molecule has 1 aromatic carbocycles. The van der Waals surface area contributed by atoms with Crippen molar-refractivity contribution in [3.05, 3.63) is 52.3 Å². The first-order chi connectivity index (χ1) is 13.5. The molecule has 1 atom stereocenters. The van der Waals surface area contributed by atoms with E-state index in [2.05, 4.69) is 33.0 Å². The van der Waals surface area contributed by atoms with Gasteiger partial charge in [0.05, 0.1) is 24.8 Å². The third-order valence-electron chi connectivity index (χ3n) is 5.43. The van der Waals surface area contributed by atoms with Gasteiger partial charge in [0.1, 0.15) is 0 Å². The van der Waals surface area contributed by atoms with E-state index in [1.165, 1.54) is 18.1 Å². The van der Waals surface area contributed by atoms with E-state index < -0.39 is 0 Å². The molecule has 1 aromatic heterocycles. The van der Waals surface area contributed by atoms with E-state index in [1.807, 2.05) is 12.1 Å². The van der Waals surface area contributed by atoms with E-state index in [0.29, 0.717) is 25.2 Å². The fourth-order valence-corrected chi connectivity index (χ4v) is 3.96. The molecule has 1 aliphatic carbocycles. The number of carbonyl (C=O) groups is 3. The molecule has 0 fully saturated rings. The second-order valence-corrected chi connectivity index (χ2v) is 7.27. The molecule has 8 heteroatoms. The number of rotatable bonds is 4. The van der Waals surface area contributed by atoms with E-state index in [4.69, 9.17) is 0 Å². The molecule has 3 amide bonds. The molecule has 0 radical (unpaired) electrons. The number of hydrogen-bond donors (Lipinski definition) is 3. The molecule has 0 saturated carbocycles. The molecule has 28 heavy (non-hydrogen) atoms. The number of hydrogen-bond acceptors (Lipinski definition) is 4. The quantitative estimate of drug-likeness (QED) is 0.730. The zero-order valence-corrected chi connectivity index (χ0v) is 15.7. The largest absolute Gasteiger partial charge is 0.347 e. The second kappa shape index (κ2) is 7.46. The third kappa shape index (κ3) is 3.49. The van der Waals surface area contributed by atoms with Crippen LogP contribution in [0.25, 0.3) is 0 Å². The minimum Gasteiger partial charge on any atom is -0.347 e. The van der Waals surface area contributed by atoms with Crippen molar-refractivity contribution < 1.29 is 14.4 Å². The van der Waals surface area contributed by atoms with Gasteiger partial charge in [-0.3, -0.25) is 19.5 Å². The molecule has 0 spiro atoms. The Labute approximate surface area is 162 Å².